The fraction of sp³-hybridized carbons (Fsp3) is 0.808. The van der Waals surface area contributed by atoms with Gasteiger partial charge >= 0.3 is 6.03 Å². The largest absolute Gasteiger partial charge is 0.363 e. The van der Waals surface area contributed by atoms with Gasteiger partial charge in [-0.3, -0.25) is 19.2 Å². The van der Waals surface area contributed by atoms with Crippen molar-refractivity contribution < 1.29 is 24.0 Å². The van der Waals surface area contributed by atoms with Crippen LogP contribution in [0, 0.1) is 28.6 Å². The van der Waals surface area contributed by atoms with E-state index < -0.39 is 47.2 Å². The van der Waals surface area contributed by atoms with Crippen LogP contribution in [0.15, 0.2) is 0 Å². The van der Waals surface area contributed by atoms with Gasteiger partial charge in [-0.05, 0) is 48.9 Å². The molecule has 36 heavy (non-hydrogen) atoms. The van der Waals surface area contributed by atoms with Crippen LogP contribution in [0.5, 0.6) is 0 Å². The number of rotatable bonds is 9. The van der Waals surface area contributed by atoms with Crippen molar-refractivity contribution >= 4 is 29.5 Å². The summed E-state index contributed by atoms with van der Waals surface area (Å²) in [6.07, 6.45) is 3.32. The van der Waals surface area contributed by atoms with Crippen molar-refractivity contribution in [2.24, 2.45) is 34.3 Å². The Morgan fingerprint density at radius 1 is 1.03 bits per heavy atom. The predicted molar refractivity (Wildman–Crippen MR) is 134 cm³/mol. The lowest BCUT2D eigenvalue weighted by molar-refractivity contribution is -0.145. The summed E-state index contributed by atoms with van der Waals surface area (Å²) in [5.41, 5.74) is 4.54. The number of hydrogen-bond acceptors (Lipinski definition) is 5. The summed E-state index contributed by atoms with van der Waals surface area (Å²) in [5, 5.41) is 8.33. The normalized spacial score (nSPS) is 26.3. The maximum atomic E-state index is 13.8. The Bertz CT molecular complexity index is 920. The molecule has 0 unspecified atom stereocenters. The van der Waals surface area contributed by atoms with Gasteiger partial charge in [0.05, 0.1) is 6.04 Å². The van der Waals surface area contributed by atoms with Crippen LogP contribution in [0.1, 0.15) is 74.1 Å². The van der Waals surface area contributed by atoms with E-state index in [-0.39, 0.29) is 35.1 Å². The van der Waals surface area contributed by atoms with Crippen LogP contribution in [0.2, 0.25) is 0 Å². The molecule has 2 aliphatic carbocycles. The number of carbonyl (C=O) groups excluding carboxylic acids is 5. The molecular formula is C26H43N5O5. The zero-order valence-electron chi connectivity index (χ0n) is 22.6. The number of Topliss-reactive ketones (excluding diaryl/α,β-unsaturated/α-hetero) is 1. The summed E-state index contributed by atoms with van der Waals surface area (Å²) in [5.74, 6) is -2.33. The fourth-order valence-corrected chi connectivity index (χ4v) is 5.78. The van der Waals surface area contributed by atoms with E-state index in [0.717, 1.165) is 19.3 Å². The number of fused-ring (bicyclic) bond motifs is 1. The molecule has 1 aliphatic heterocycles. The van der Waals surface area contributed by atoms with E-state index in [1.54, 1.807) is 4.90 Å². The summed E-state index contributed by atoms with van der Waals surface area (Å²) in [7, 11) is 0. The number of amides is 5. The van der Waals surface area contributed by atoms with Gasteiger partial charge in [0.1, 0.15) is 12.1 Å². The SMILES string of the molecule is CC(C)NC(=O)N[C@H](C(=O)N1C[C@H]2[C@@H]([C@H]1C(=O)N[C@@H](CC1CCC1)C(=O)C(N)=O)C2(C)C)C(C)(C)C. The van der Waals surface area contributed by atoms with Crippen molar-refractivity contribution in [2.45, 2.75) is 98.3 Å². The molecule has 3 fully saturated rings. The van der Waals surface area contributed by atoms with Crippen LogP contribution in [0.4, 0.5) is 4.79 Å². The van der Waals surface area contributed by atoms with Crippen molar-refractivity contribution in [1.29, 1.82) is 0 Å². The second-order valence-electron chi connectivity index (χ2n) is 12.8. The lowest BCUT2D eigenvalue weighted by Crippen LogP contribution is -2.61. The first-order valence-electron chi connectivity index (χ1n) is 13.1. The van der Waals surface area contributed by atoms with Gasteiger partial charge in [-0.1, -0.05) is 53.9 Å². The molecule has 0 aromatic heterocycles. The van der Waals surface area contributed by atoms with Gasteiger partial charge < -0.3 is 26.6 Å². The van der Waals surface area contributed by atoms with E-state index in [0.29, 0.717) is 13.0 Å². The fourth-order valence-electron chi connectivity index (χ4n) is 5.78. The summed E-state index contributed by atoms with van der Waals surface area (Å²) >= 11 is 0. The number of primary amides is 1. The van der Waals surface area contributed by atoms with Crippen LogP contribution >= 0.6 is 0 Å². The number of piperidine rings is 1. The summed E-state index contributed by atoms with van der Waals surface area (Å²) in [4.78, 5) is 65.7. The molecule has 5 N–H and O–H groups in total. The van der Waals surface area contributed by atoms with Crippen LogP contribution in [0.3, 0.4) is 0 Å². The van der Waals surface area contributed by atoms with Gasteiger partial charge in [0, 0.05) is 12.6 Å². The molecule has 3 rings (SSSR count). The first kappa shape index (κ1) is 27.9. The minimum Gasteiger partial charge on any atom is -0.363 e. The van der Waals surface area contributed by atoms with Gasteiger partial charge in [0.25, 0.3) is 5.91 Å². The van der Waals surface area contributed by atoms with Crippen molar-refractivity contribution in [3.8, 4) is 0 Å². The Morgan fingerprint density at radius 3 is 2.11 bits per heavy atom. The molecule has 0 spiro atoms. The summed E-state index contributed by atoms with van der Waals surface area (Å²) in [6.45, 7) is 13.8. The molecule has 10 nitrogen and oxygen atoms in total. The second kappa shape index (κ2) is 10.0. The van der Waals surface area contributed by atoms with Gasteiger partial charge in [0.15, 0.2) is 0 Å². The first-order chi connectivity index (χ1) is 16.6. The Kier molecular flexibility index (Phi) is 7.77. The van der Waals surface area contributed by atoms with Crippen molar-refractivity contribution in [3.05, 3.63) is 0 Å². The highest BCUT2D eigenvalue weighted by atomic mass is 16.2. The minimum absolute atomic E-state index is 0.0698. The molecule has 202 valence electrons. The smallest absolute Gasteiger partial charge is 0.315 e. The van der Waals surface area contributed by atoms with E-state index in [1.165, 1.54) is 0 Å². The third-order valence-electron chi connectivity index (χ3n) is 8.24. The minimum atomic E-state index is -1.07. The molecule has 3 aliphatic rings. The molecule has 2 saturated carbocycles. The van der Waals surface area contributed by atoms with Crippen molar-refractivity contribution in [2.75, 3.05) is 6.54 Å². The number of nitrogens with two attached hydrogens (primary N) is 1. The number of likely N-dealkylation sites (tertiary alicyclic amines) is 1. The molecule has 1 saturated heterocycles. The van der Waals surface area contributed by atoms with Gasteiger partial charge in [-0.2, -0.15) is 0 Å². The maximum Gasteiger partial charge on any atom is 0.315 e. The lowest BCUT2D eigenvalue weighted by atomic mass is 9.80. The van der Waals surface area contributed by atoms with E-state index >= 15 is 0 Å². The van der Waals surface area contributed by atoms with Crippen molar-refractivity contribution in [1.82, 2.24) is 20.9 Å². The Hall–Kier alpha value is -2.65. The number of ketones is 1. The van der Waals surface area contributed by atoms with E-state index in [9.17, 15) is 24.0 Å². The Morgan fingerprint density at radius 2 is 1.64 bits per heavy atom. The van der Waals surface area contributed by atoms with Gasteiger partial charge in [-0.15, -0.1) is 0 Å². The molecule has 1 heterocycles. The highest BCUT2D eigenvalue weighted by Gasteiger charge is 2.69. The zero-order chi connectivity index (χ0) is 27.2. The molecule has 0 bridgehead atoms. The molecule has 0 aromatic rings. The molecule has 0 radical (unpaired) electrons. The van der Waals surface area contributed by atoms with E-state index in [2.05, 4.69) is 29.8 Å². The molecule has 5 atom stereocenters. The topological polar surface area (TPSA) is 151 Å². The third-order valence-corrected chi connectivity index (χ3v) is 8.24. The van der Waals surface area contributed by atoms with Crippen LogP contribution in [-0.2, 0) is 19.2 Å². The van der Waals surface area contributed by atoms with E-state index in [1.807, 2.05) is 34.6 Å². The zero-order valence-corrected chi connectivity index (χ0v) is 22.6. The molecule has 10 heteroatoms. The monoisotopic (exact) mass is 505 g/mol. The maximum absolute atomic E-state index is 13.8. The van der Waals surface area contributed by atoms with Gasteiger partial charge in [0.2, 0.25) is 17.6 Å². The number of nitrogens with zero attached hydrogens (tertiary/aromatic N) is 1. The van der Waals surface area contributed by atoms with Crippen molar-refractivity contribution in [3.63, 3.8) is 0 Å². The van der Waals surface area contributed by atoms with Gasteiger partial charge in [-0.25, -0.2) is 4.79 Å². The van der Waals surface area contributed by atoms with Crippen LogP contribution < -0.4 is 21.7 Å². The third kappa shape index (κ3) is 5.67. The summed E-state index contributed by atoms with van der Waals surface area (Å²) in [6, 6.07) is -3.19. The number of carbonyl (C=O) groups is 5. The highest BCUT2D eigenvalue weighted by molar-refractivity contribution is 6.37. The average Bonchev–Trinajstić information content (AvgIpc) is 3.06. The molecule has 0 aromatic carbocycles. The second-order valence-corrected chi connectivity index (χ2v) is 12.8. The first-order valence-corrected chi connectivity index (χ1v) is 13.1. The molecule has 5 amide bonds. The van der Waals surface area contributed by atoms with Crippen LogP contribution in [0.25, 0.3) is 0 Å². The lowest BCUT2D eigenvalue weighted by Gasteiger charge is -2.38. The Balaban J connectivity index is 1.83. The predicted octanol–water partition coefficient (Wildman–Crippen LogP) is 1.32. The summed E-state index contributed by atoms with van der Waals surface area (Å²) < 4.78 is 0. The average molecular weight is 506 g/mol. The Labute approximate surface area is 213 Å². The molecular weight excluding hydrogens is 462 g/mol. The highest BCUT2D eigenvalue weighted by Crippen LogP contribution is 2.65. The quantitative estimate of drug-likeness (QED) is 0.349. The van der Waals surface area contributed by atoms with E-state index in [4.69, 9.17) is 5.73 Å². The van der Waals surface area contributed by atoms with Crippen LogP contribution in [-0.4, -0.2) is 65.1 Å². The number of hydrogen-bond donors (Lipinski definition) is 4. The number of nitrogens with one attached hydrogen (secondary N) is 3. The number of urea groups is 1. The standard InChI is InChI=1S/C26H43N5O5/c1-13(2)28-24(36)30-20(25(3,4)5)23(35)31-12-15-17(26(15,6)7)18(31)22(34)29-16(19(32)21(27)33)11-14-9-8-10-14/h13-18,20H,8-12H2,1-7H3,(H2,27,33)(H,29,34)(H2,28,30,36)/t15-,16-,17-,18-,20+/m0/s1.